The van der Waals surface area contributed by atoms with Gasteiger partial charge in [-0.2, -0.15) is 0 Å². The van der Waals surface area contributed by atoms with Gasteiger partial charge in [-0.25, -0.2) is 0 Å². The number of rotatable bonds is 8. The van der Waals surface area contributed by atoms with Crippen LogP contribution in [0.4, 0.5) is 0 Å². The Kier molecular flexibility index (Phi) is 6.65. The average molecular weight is 344 g/mol. The normalized spacial score (nSPS) is 11.6. The molecule has 0 aromatic heterocycles. The third-order valence-electron chi connectivity index (χ3n) is 3.89. The minimum Gasteiger partial charge on any atom is -0.508 e. The highest BCUT2D eigenvalue weighted by atomic mass is 16.5. The molecule has 0 aliphatic carbocycles. The Morgan fingerprint density at radius 3 is 2.36 bits per heavy atom. The van der Waals surface area contributed by atoms with Crippen molar-refractivity contribution in [2.24, 2.45) is 5.73 Å². The standard InChI is InChI=1S/C19H24N2O4/c1-24-17-8-5-14(12-18(17)25-2)9-10-21-19(23)16(20)11-13-3-6-15(22)7-4-13/h3-8,12,16,22H,9-11,20H2,1-2H3,(H,21,23)/t16-/m0/s1. The van der Waals surface area contributed by atoms with Crippen LogP contribution in [0.15, 0.2) is 42.5 Å². The summed E-state index contributed by atoms with van der Waals surface area (Å²) in [5, 5.41) is 12.1. The fourth-order valence-corrected chi connectivity index (χ4v) is 2.48. The summed E-state index contributed by atoms with van der Waals surface area (Å²) in [6.07, 6.45) is 1.08. The lowest BCUT2D eigenvalue weighted by Crippen LogP contribution is -2.42. The Labute approximate surface area is 147 Å². The molecule has 4 N–H and O–H groups in total. The molecule has 2 rings (SSSR count). The fraction of sp³-hybridized carbons (Fsp3) is 0.316. The molecule has 0 aliphatic heterocycles. The number of carbonyl (C=O) groups is 1. The van der Waals surface area contributed by atoms with E-state index in [4.69, 9.17) is 15.2 Å². The van der Waals surface area contributed by atoms with Crippen LogP contribution in [0.2, 0.25) is 0 Å². The van der Waals surface area contributed by atoms with Gasteiger partial charge >= 0.3 is 0 Å². The van der Waals surface area contributed by atoms with E-state index in [1.54, 1.807) is 38.5 Å². The van der Waals surface area contributed by atoms with Crippen molar-refractivity contribution in [2.45, 2.75) is 18.9 Å². The number of amides is 1. The third kappa shape index (κ3) is 5.39. The maximum atomic E-state index is 12.1. The minimum atomic E-state index is -0.630. The Hall–Kier alpha value is -2.73. The predicted molar refractivity (Wildman–Crippen MR) is 96.0 cm³/mol. The van der Waals surface area contributed by atoms with Gasteiger partial charge in [-0.05, 0) is 48.2 Å². The van der Waals surface area contributed by atoms with Gasteiger partial charge < -0.3 is 25.6 Å². The second-order valence-electron chi connectivity index (χ2n) is 5.71. The number of phenols is 1. The summed E-state index contributed by atoms with van der Waals surface area (Å²) in [5.41, 5.74) is 7.87. The highest BCUT2D eigenvalue weighted by molar-refractivity contribution is 5.81. The molecule has 6 heteroatoms. The zero-order valence-corrected chi connectivity index (χ0v) is 14.5. The first-order chi connectivity index (χ1) is 12.0. The maximum absolute atomic E-state index is 12.1. The summed E-state index contributed by atoms with van der Waals surface area (Å²) < 4.78 is 10.5. The molecule has 1 atom stereocenters. The van der Waals surface area contributed by atoms with Gasteiger partial charge in [0, 0.05) is 6.54 Å². The summed E-state index contributed by atoms with van der Waals surface area (Å²) in [7, 11) is 3.18. The van der Waals surface area contributed by atoms with Crippen molar-refractivity contribution in [1.29, 1.82) is 0 Å². The average Bonchev–Trinajstić information content (AvgIpc) is 2.63. The van der Waals surface area contributed by atoms with E-state index in [0.29, 0.717) is 30.9 Å². The molecule has 0 aliphatic rings. The predicted octanol–water partition coefficient (Wildman–Crippen LogP) is 1.64. The van der Waals surface area contributed by atoms with E-state index >= 15 is 0 Å². The fourth-order valence-electron chi connectivity index (χ4n) is 2.48. The number of hydrogen-bond donors (Lipinski definition) is 3. The lowest BCUT2D eigenvalue weighted by Gasteiger charge is -2.13. The van der Waals surface area contributed by atoms with Crippen molar-refractivity contribution in [3.05, 3.63) is 53.6 Å². The second kappa shape index (κ2) is 8.94. The monoisotopic (exact) mass is 344 g/mol. The van der Waals surface area contributed by atoms with Crippen molar-refractivity contribution >= 4 is 5.91 Å². The minimum absolute atomic E-state index is 0.191. The summed E-state index contributed by atoms with van der Waals surface area (Å²) in [4.78, 5) is 12.1. The molecular formula is C19H24N2O4. The van der Waals surface area contributed by atoms with Gasteiger partial charge in [-0.15, -0.1) is 0 Å². The summed E-state index contributed by atoms with van der Waals surface area (Å²) in [5.74, 6) is 1.33. The van der Waals surface area contributed by atoms with Gasteiger partial charge in [0.2, 0.25) is 5.91 Å². The third-order valence-corrected chi connectivity index (χ3v) is 3.89. The highest BCUT2D eigenvalue weighted by Crippen LogP contribution is 2.27. The lowest BCUT2D eigenvalue weighted by molar-refractivity contribution is -0.122. The van der Waals surface area contributed by atoms with Crippen molar-refractivity contribution in [3.63, 3.8) is 0 Å². The first kappa shape index (κ1) is 18.6. The Morgan fingerprint density at radius 2 is 1.72 bits per heavy atom. The molecule has 6 nitrogen and oxygen atoms in total. The van der Waals surface area contributed by atoms with E-state index in [2.05, 4.69) is 5.32 Å². The van der Waals surface area contributed by atoms with E-state index in [0.717, 1.165) is 11.1 Å². The van der Waals surface area contributed by atoms with Gasteiger partial charge in [0.25, 0.3) is 0 Å². The van der Waals surface area contributed by atoms with E-state index < -0.39 is 6.04 Å². The van der Waals surface area contributed by atoms with Crippen LogP contribution >= 0.6 is 0 Å². The number of aromatic hydroxyl groups is 1. The number of nitrogens with two attached hydrogens (primary N) is 1. The SMILES string of the molecule is COc1ccc(CCNC(=O)[C@@H](N)Cc2ccc(O)cc2)cc1OC. The second-order valence-corrected chi connectivity index (χ2v) is 5.71. The summed E-state index contributed by atoms with van der Waals surface area (Å²) in [6, 6.07) is 11.7. The molecule has 134 valence electrons. The number of phenolic OH excluding ortho intramolecular Hbond substituents is 1. The molecule has 2 aromatic carbocycles. The van der Waals surface area contributed by atoms with Crippen molar-refractivity contribution in [2.75, 3.05) is 20.8 Å². The lowest BCUT2D eigenvalue weighted by atomic mass is 10.1. The first-order valence-corrected chi connectivity index (χ1v) is 8.05. The number of benzene rings is 2. The van der Waals surface area contributed by atoms with Crippen LogP contribution in [0.3, 0.4) is 0 Å². The van der Waals surface area contributed by atoms with Crippen LogP contribution in [-0.4, -0.2) is 37.8 Å². The van der Waals surface area contributed by atoms with Gasteiger partial charge in [0.15, 0.2) is 11.5 Å². The van der Waals surface area contributed by atoms with Crippen LogP contribution in [0, 0.1) is 0 Å². The highest BCUT2D eigenvalue weighted by Gasteiger charge is 2.13. The van der Waals surface area contributed by atoms with Gasteiger partial charge in [0.1, 0.15) is 5.75 Å². The number of nitrogens with one attached hydrogen (secondary N) is 1. The molecule has 1 amide bonds. The molecule has 0 unspecified atom stereocenters. The number of methoxy groups -OCH3 is 2. The van der Waals surface area contributed by atoms with Crippen LogP contribution in [-0.2, 0) is 17.6 Å². The molecule has 0 bridgehead atoms. The Balaban J connectivity index is 1.82. The van der Waals surface area contributed by atoms with Gasteiger partial charge in [-0.1, -0.05) is 18.2 Å². The van der Waals surface area contributed by atoms with E-state index in [9.17, 15) is 9.90 Å². The zero-order chi connectivity index (χ0) is 18.2. The van der Waals surface area contributed by atoms with Crippen molar-refractivity contribution < 1.29 is 19.4 Å². The van der Waals surface area contributed by atoms with E-state index in [1.807, 2.05) is 18.2 Å². The number of carbonyl (C=O) groups excluding carboxylic acids is 1. The zero-order valence-electron chi connectivity index (χ0n) is 14.5. The summed E-state index contributed by atoms with van der Waals surface area (Å²) in [6.45, 7) is 0.484. The van der Waals surface area contributed by atoms with Crippen LogP contribution < -0.4 is 20.5 Å². The van der Waals surface area contributed by atoms with Gasteiger partial charge in [-0.3, -0.25) is 4.79 Å². The molecule has 0 spiro atoms. The molecule has 0 fully saturated rings. The molecule has 2 aromatic rings. The molecule has 0 saturated carbocycles. The van der Waals surface area contributed by atoms with E-state index in [1.165, 1.54) is 0 Å². The van der Waals surface area contributed by atoms with Crippen molar-refractivity contribution in [1.82, 2.24) is 5.32 Å². The quantitative estimate of drug-likeness (QED) is 0.677. The smallest absolute Gasteiger partial charge is 0.237 e. The van der Waals surface area contributed by atoms with Crippen LogP contribution in [0.5, 0.6) is 17.2 Å². The maximum Gasteiger partial charge on any atom is 0.237 e. The van der Waals surface area contributed by atoms with E-state index in [-0.39, 0.29) is 11.7 Å². The first-order valence-electron chi connectivity index (χ1n) is 8.05. The Morgan fingerprint density at radius 1 is 1.08 bits per heavy atom. The van der Waals surface area contributed by atoms with Crippen LogP contribution in [0.25, 0.3) is 0 Å². The van der Waals surface area contributed by atoms with Crippen molar-refractivity contribution in [3.8, 4) is 17.2 Å². The van der Waals surface area contributed by atoms with Gasteiger partial charge in [0.05, 0.1) is 20.3 Å². The number of hydrogen-bond acceptors (Lipinski definition) is 5. The van der Waals surface area contributed by atoms with Crippen LogP contribution in [0.1, 0.15) is 11.1 Å². The molecular weight excluding hydrogens is 320 g/mol. The molecule has 25 heavy (non-hydrogen) atoms. The number of ether oxygens (including phenoxy) is 2. The molecule has 0 heterocycles. The Bertz CT molecular complexity index is 701. The molecule has 0 saturated heterocycles. The molecule has 0 radical (unpaired) electrons. The topological polar surface area (TPSA) is 93.8 Å². The largest absolute Gasteiger partial charge is 0.508 e. The summed E-state index contributed by atoms with van der Waals surface area (Å²) >= 11 is 0.